The number of para-hydroxylation sites is 1. The Bertz CT molecular complexity index is 1040. The smallest absolute Gasteiger partial charge is 0.313 e. The Labute approximate surface area is 177 Å². The molecule has 4 rings (SSSR count). The van der Waals surface area contributed by atoms with E-state index in [1.165, 1.54) is 35.0 Å². The first-order valence-corrected chi connectivity index (χ1v) is 11.6. The fourth-order valence-corrected chi connectivity index (χ4v) is 5.52. The summed E-state index contributed by atoms with van der Waals surface area (Å²) in [5, 5.41) is 13.5. The number of rotatable bonds is 8. The van der Waals surface area contributed by atoms with Crippen molar-refractivity contribution < 1.29 is 14.6 Å². The van der Waals surface area contributed by atoms with Gasteiger partial charge in [-0.3, -0.25) is 4.79 Å². The Balaban J connectivity index is 1.67. The summed E-state index contributed by atoms with van der Waals surface area (Å²) in [6, 6.07) is 7.94. The highest BCUT2D eigenvalue weighted by Crippen LogP contribution is 2.39. The fraction of sp³-hybridized carbons (Fsp3) is 0.381. The summed E-state index contributed by atoms with van der Waals surface area (Å²) < 4.78 is 5.47. The lowest BCUT2D eigenvalue weighted by Gasteiger charge is -2.14. The molecule has 0 amide bonds. The predicted octanol–water partition coefficient (Wildman–Crippen LogP) is 4.51. The van der Waals surface area contributed by atoms with Crippen LogP contribution in [0.5, 0.6) is 5.75 Å². The summed E-state index contributed by atoms with van der Waals surface area (Å²) in [5.74, 6) is 2.06. The second-order valence-corrected chi connectivity index (χ2v) is 9.00. The fourth-order valence-electron chi connectivity index (χ4n) is 3.65. The van der Waals surface area contributed by atoms with E-state index in [4.69, 9.17) is 19.8 Å². The topological polar surface area (TPSA) is 84.3 Å². The molecule has 1 aliphatic rings. The lowest BCUT2D eigenvalue weighted by Crippen LogP contribution is -2.07. The molecule has 152 valence electrons. The van der Waals surface area contributed by atoms with Gasteiger partial charge in [0.2, 0.25) is 0 Å². The maximum absolute atomic E-state index is 10.8. The molecule has 0 bridgehead atoms. The van der Waals surface area contributed by atoms with Gasteiger partial charge in [0.15, 0.2) is 0 Å². The quantitative estimate of drug-likeness (QED) is 0.545. The van der Waals surface area contributed by atoms with Gasteiger partial charge in [0, 0.05) is 17.0 Å². The number of aromatic nitrogens is 2. The van der Waals surface area contributed by atoms with E-state index in [1.807, 2.05) is 24.3 Å². The van der Waals surface area contributed by atoms with Crippen LogP contribution in [-0.2, 0) is 29.9 Å². The number of benzene rings is 1. The minimum absolute atomic E-state index is 0.0479. The number of thioether (sulfide) groups is 1. The second-order valence-electron chi connectivity index (χ2n) is 6.93. The highest BCUT2D eigenvalue weighted by molar-refractivity contribution is 7.99. The summed E-state index contributed by atoms with van der Waals surface area (Å²) >= 11 is 3.08. The molecule has 2 heterocycles. The molecule has 2 aromatic heterocycles. The van der Waals surface area contributed by atoms with Crippen molar-refractivity contribution in [3.05, 3.63) is 46.1 Å². The van der Waals surface area contributed by atoms with Crippen molar-refractivity contribution in [2.45, 2.75) is 38.0 Å². The minimum Gasteiger partial charge on any atom is -0.496 e. The normalized spacial score (nSPS) is 13.3. The summed E-state index contributed by atoms with van der Waals surface area (Å²) in [5.41, 5.74) is 2.44. The van der Waals surface area contributed by atoms with Gasteiger partial charge in [0.25, 0.3) is 0 Å². The van der Waals surface area contributed by atoms with E-state index in [0.717, 1.165) is 40.2 Å². The number of thiophene rings is 1. The Hall–Kier alpha value is -2.32. The lowest BCUT2D eigenvalue weighted by molar-refractivity contribution is -0.133. The van der Waals surface area contributed by atoms with Gasteiger partial charge in [0.1, 0.15) is 22.2 Å². The van der Waals surface area contributed by atoms with E-state index in [0.29, 0.717) is 18.1 Å². The number of carboxylic acid groups (broad SMARTS) is 1. The van der Waals surface area contributed by atoms with Crippen LogP contribution in [0.15, 0.2) is 24.3 Å². The van der Waals surface area contributed by atoms with Crippen LogP contribution in [0.4, 0.5) is 5.82 Å². The van der Waals surface area contributed by atoms with Crippen molar-refractivity contribution in [1.82, 2.24) is 9.97 Å². The number of hydrogen-bond acceptors (Lipinski definition) is 7. The molecule has 0 unspecified atom stereocenters. The number of fused-ring (bicyclic) bond motifs is 3. The molecule has 0 aliphatic heterocycles. The molecular formula is C21H23N3O3S2. The van der Waals surface area contributed by atoms with Gasteiger partial charge in [-0.05, 0) is 37.3 Å². The first-order chi connectivity index (χ1) is 14.2. The number of methoxy groups -OCH3 is 1. The van der Waals surface area contributed by atoms with Crippen LogP contribution in [-0.4, -0.2) is 33.9 Å². The molecule has 8 heteroatoms. The number of nitrogens with one attached hydrogen (secondary N) is 1. The molecule has 1 aliphatic carbocycles. The Morgan fingerprint density at radius 1 is 1.28 bits per heavy atom. The SMILES string of the molecule is COc1ccccc1CNc1nc(CSCC(=O)O)nc2sc3c(c12)CCCC3. The molecule has 6 nitrogen and oxygen atoms in total. The zero-order valence-corrected chi connectivity index (χ0v) is 17.9. The van der Waals surface area contributed by atoms with Crippen LogP contribution in [0.2, 0.25) is 0 Å². The van der Waals surface area contributed by atoms with E-state index in [1.54, 1.807) is 18.4 Å². The first-order valence-electron chi connectivity index (χ1n) is 9.62. The van der Waals surface area contributed by atoms with Crippen molar-refractivity contribution in [2.24, 2.45) is 0 Å². The van der Waals surface area contributed by atoms with E-state index in [9.17, 15) is 4.79 Å². The third kappa shape index (κ3) is 4.48. The highest BCUT2D eigenvalue weighted by atomic mass is 32.2. The minimum atomic E-state index is -0.822. The van der Waals surface area contributed by atoms with Crippen LogP contribution in [0.25, 0.3) is 10.2 Å². The molecule has 29 heavy (non-hydrogen) atoms. The highest BCUT2D eigenvalue weighted by Gasteiger charge is 2.21. The predicted molar refractivity (Wildman–Crippen MR) is 118 cm³/mol. The van der Waals surface area contributed by atoms with Crippen molar-refractivity contribution >= 4 is 45.1 Å². The average Bonchev–Trinajstić information content (AvgIpc) is 3.10. The van der Waals surface area contributed by atoms with Gasteiger partial charge < -0.3 is 15.2 Å². The number of aliphatic carboxylic acids is 1. The van der Waals surface area contributed by atoms with Gasteiger partial charge >= 0.3 is 5.97 Å². The van der Waals surface area contributed by atoms with Gasteiger partial charge in [0.05, 0.1) is 24.0 Å². The number of carboxylic acids is 1. The van der Waals surface area contributed by atoms with E-state index in [-0.39, 0.29) is 5.75 Å². The molecule has 0 atom stereocenters. The monoisotopic (exact) mass is 429 g/mol. The summed E-state index contributed by atoms with van der Waals surface area (Å²) in [7, 11) is 1.68. The zero-order chi connectivity index (χ0) is 20.2. The van der Waals surface area contributed by atoms with Crippen molar-refractivity contribution in [2.75, 3.05) is 18.2 Å². The third-order valence-electron chi connectivity index (χ3n) is 4.96. The third-order valence-corrected chi connectivity index (χ3v) is 7.06. The maximum Gasteiger partial charge on any atom is 0.313 e. The van der Waals surface area contributed by atoms with Crippen molar-refractivity contribution in [1.29, 1.82) is 0 Å². The molecule has 0 saturated heterocycles. The Morgan fingerprint density at radius 3 is 2.93 bits per heavy atom. The second kappa shape index (κ2) is 9.00. The van der Waals surface area contributed by atoms with Gasteiger partial charge in [-0.25, -0.2) is 9.97 Å². The number of hydrogen-bond donors (Lipinski definition) is 2. The molecule has 0 fully saturated rings. The molecule has 0 saturated carbocycles. The lowest BCUT2D eigenvalue weighted by atomic mass is 9.97. The molecular weight excluding hydrogens is 406 g/mol. The standard InChI is InChI=1S/C21H23N3O3S2/c1-27-15-8-4-2-6-13(15)10-22-20-19-14-7-3-5-9-16(14)29-21(19)24-17(23-20)11-28-12-18(25)26/h2,4,6,8H,3,5,7,9-12H2,1H3,(H,25,26)(H,22,23,24). The van der Waals surface area contributed by atoms with Gasteiger partial charge in [-0.2, -0.15) is 0 Å². The average molecular weight is 430 g/mol. The van der Waals surface area contributed by atoms with Crippen molar-refractivity contribution in [3.63, 3.8) is 0 Å². The van der Waals surface area contributed by atoms with Crippen LogP contribution in [0.3, 0.4) is 0 Å². The van der Waals surface area contributed by atoms with E-state index in [2.05, 4.69) is 5.32 Å². The first kappa shape index (κ1) is 20.0. The number of aryl methyl sites for hydroxylation is 2. The molecule has 1 aromatic carbocycles. The largest absolute Gasteiger partial charge is 0.496 e. The molecule has 0 radical (unpaired) electrons. The zero-order valence-electron chi connectivity index (χ0n) is 16.2. The van der Waals surface area contributed by atoms with Crippen molar-refractivity contribution in [3.8, 4) is 5.75 Å². The number of nitrogens with zero attached hydrogens (tertiary/aromatic N) is 2. The molecule has 0 spiro atoms. The van der Waals surface area contributed by atoms with Gasteiger partial charge in [-0.15, -0.1) is 23.1 Å². The summed E-state index contributed by atoms with van der Waals surface area (Å²) in [4.78, 5) is 22.8. The van der Waals surface area contributed by atoms with E-state index < -0.39 is 5.97 Å². The Morgan fingerprint density at radius 2 is 2.10 bits per heavy atom. The number of ether oxygens (including phenoxy) is 1. The summed E-state index contributed by atoms with van der Waals surface area (Å²) in [6.45, 7) is 0.600. The van der Waals surface area contributed by atoms with Crippen LogP contribution < -0.4 is 10.1 Å². The maximum atomic E-state index is 10.8. The van der Waals surface area contributed by atoms with Crippen LogP contribution in [0.1, 0.15) is 34.7 Å². The Kier molecular flexibility index (Phi) is 6.20. The molecule has 2 N–H and O–H groups in total. The summed E-state index contributed by atoms with van der Waals surface area (Å²) in [6.07, 6.45) is 4.58. The van der Waals surface area contributed by atoms with Gasteiger partial charge in [-0.1, -0.05) is 18.2 Å². The van der Waals surface area contributed by atoms with Crippen LogP contribution >= 0.6 is 23.1 Å². The number of anilines is 1. The van der Waals surface area contributed by atoms with Crippen LogP contribution in [0, 0.1) is 0 Å². The number of carbonyl (C=O) groups is 1. The molecule has 3 aromatic rings. The van der Waals surface area contributed by atoms with E-state index >= 15 is 0 Å².